The first kappa shape index (κ1) is 20.0. The van der Waals surface area contributed by atoms with Crippen LogP contribution < -0.4 is 24.4 Å². The van der Waals surface area contributed by atoms with Gasteiger partial charge in [-0.15, -0.1) is 0 Å². The highest BCUT2D eigenvalue weighted by molar-refractivity contribution is 9.10. The highest BCUT2D eigenvalue weighted by atomic mass is 79.9. The number of amides is 2. The number of hydrogen-bond donors (Lipinski definition) is 1. The molecule has 3 rings (SSSR count). The van der Waals surface area contributed by atoms with Crippen molar-refractivity contribution in [3.05, 3.63) is 40.4 Å². The van der Waals surface area contributed by atoms with Crippen LogP contribution in [0, 0.1) is 0 Å². The van der Waals surface area contributed by atoms with Crippen molar-refractivity contribution in [2.24, 2.45) is 0 Å². The average molecular weight is 449 g/mol. The molecule has 7 nitrogen and oxygen atoms in total. The molecular weight excluding hydrogens is 428 g/mol. The summed E-state index contributed by atoms with van der Waals surface area (Å²) in [6.07, 6.45) is 1.36. The molecule has 2 aromatic carbocycles. The second kappa shape index (κ2) is 8.52. The Bertz CT molecular complexity index is 916. The summed E-state index contributed by atoms with van der Waals surface area (Å²) in [5.41, 5.74) is 1.56. The Morgan fingerprint density at radius 2 is 1.89 bits per heavy atom. The fourth-order valence-corrected chi connectivity index (χ4v) is 3.74. The van der Waals surface area contributed by atoms with Crippen molar-refractivity contribution < 1.29 is 23.8 Å². The smallest absolute Gasteiger partial charge is 0.259 e. The first-order valence-corrected chi connectivity index (χ1v) is 9.49. The number of nitrogens with zero attached hydrogens (tertiary/aromatic N) is 1. The zero-order chi connectivity index (χ0) is 20.3. The number of hydrogen-bond acceptors (Lipinski definition) is 5. The number of carbonyl (C=O) groups is 2. The molecule has 0 unspecified atom stereocenters. The van der Waals surface area contributed by atoms with Gasteiger partial charge in [0.25, 0.3) is 5.91 Å². The summed E-state index contributed by atoms with van der Waals surface area (Å²) in [7, 11) is 4.56. The fraction of sp³-hybridized carbons (Fsp3) is 0.300. The molecule has 0 saturated carbocycles. The lowest BCUT2D eigenvalue weighted by Gasteiger charge is -2.20. The Labute approximate surface area is 171 Å². The van der Waals surface area contributed by atoms with Gasteiger partial charge in [-0.05, 0) is 46.6 Å². The Kier molecular flexibility index (Phi) is 6.08. The van der Waals surface area contributed by atoms with Crippen molar-refractivity contribution in [2.45, 2.75) is 12.8 Å². The van der Waals surface area contributed by atoms with E-state index in [9.17, 15) is 9.59 Å². The van der Waals surface area contributed by atoms with E-state index in [2.05, 4.69) is 21.2 Å². The summed E-state index contributed by atoms with van der Waals surface area (Å²) in [4.78, 5) is 26.6. The van der Waals surface area contributed by atoms with Crippen molar-refractivity contribution in [1.29, 1.82) is 0 Å². The lowest BCUT2D eigenvalue weighted by molar-refractivity contribution is -0.117. The van der Waals surface area contributed by atoms with Crippen LogP contribution in [0.15, 0.2) is 34.8 Å². The highest BCUT2D eigenvalue weighted by Crippen LogP contribution is 2.36. The van der Waals surface area contributed by atoms with Gasteiger partial charge in [0.2, 0.25) is 5.91 Å². The maximum Gasteiger partial charge on any atom is 0.259 e. The third-order valence-corrected chi connectivity index (χ3v) is 5.09. The molecule has 0 aromatic heterocycles. The van der Waals surface area contributed by atoms with Gasteiger partial charge in [0.05, 0.1) is 37.1 Å². The minimum absolute atomic E-state index is 0.0704. The van der Waals surface area contributed by atoms with Gasteiger partial charge in [0, 0.05) is 24.7 Å². The van der Waals surface area contributed by atoms with Crippen LogP contribution in [-0.4, -0.2) is 39.7 Å². The molecule has 0 atom stereocenters. The number of halogens is 1. The summed E-state index contributed by atoms with van der Waals surface area (Å²) in [6.45, 7) is 0.663. The molecule has 1 heterocycles. The topological polar surface area (TPSA) is 77.1 Å². The first-order chi connectivity index (χ1) is 13.5. The maximum atomic E-state index is 12.8. The summed E-state index contributed by atoms with van der Waals surface area (Å²) < 4.78 is 16.6. The molecule has 1 N–H and O–H groups in total. The third-order valence-electron chi connectivity index (χ3n) is 4.50. The Morgan fingerprint density at radius 3 is 2.50 bits per heavy atom. The normalized spacial score (nSPS) is 13.4. The molecular formula is C20H21BrN2O5. The Morgan fingerprint density at radius 1 is 1.11 bits per heavy atom. The maximum absolute atomic E-state index is 12.8. The van der Waals surface area contributed by atoms with Crippen molar-refractivity contribution in [3.8, 4) is 17.2 Å². The molecule has 28 heavy (non-hydrogen) atoms. The first-order valence-electron chi connectivity index (χ1n) is 8.69. The van der Waals surface area contributed by atoms with Crippen LogP contribution in [0.25, 0.3) is 0 Å². The number of benzene rings is 2. The predicted molar refractivity (Wildman–Crippen MR) is 110 cm³/mol. The number of methoxy groups -OCH3 is 3. The lowest BCUT2D eigenvalue weighted by atomic mass is 10.1. The van der Waals surface area contributed by atoms with Gasteiger partial charge in [0.15, 0.2) is 0 Å². The molecule has 1 aliphatic rings. The van der Waals surface area contributed by atoms with E-state index in [1.165, 1.54) is 21.3 Å². The number of ether oxygens (including phenoxy) is 3. The third kappa shape index (κ3) is 3.91. The molecule has 1 fully saturated rings. The minimum Gasteiger partial charge on any atom is -0.497 e. The van der Waals surface area contributed by atoms with Crippen LogP contribution in [0.5, 0.6) is 17.2 Å². The molecule has 2 amide bonds. The van der Waals surface area contributed by atoms with E-state index >= 15 is 0 Å². The minimum atomic E-state index is -0.358. The molecule has 2 aromatic rings. The van der Waals surface area contributed by atoms with E-state index in [-0.39, 0.29) is 11.8 Å². The zero-order valence-corrected chi connectivity index (χ0v) is 17.5. The van der Waals surface area contributed by atoms with E-state index in [0.717, 1.165) is 6.42 Å². The standard InChI is InChI=1S/C20H21BrN2O5/c1-26-13-10-14(19(28-3)15(21)11-13)20(25)22-12-6-7-16(17(9-12)27-2)23-8-4-5-18(23)24/h6-7,9-11H,4-5,8H2,1-3H3,(H,22,25). The van der Waals surface area contributed by atoms with Crippen LogP contribution in [0.3, 0.4) is 0 Å². The zero-order valence-electron chi connectivity index (χ0n) is 15.9. The molecule has 148 valence electrons. The predicted octanol–water partition coefficient (Wildman–Crippen LogP) is 3.85. The Balaban J connectivity index is 1.89. The van der Waals surface area contributed by atoms with Gasteiger partial charge in [-0.2, -0.15) is 0 Å². The SMILES string of the molecule is COc1cc(Br)c(OC)c(C(=O)Nc2ccc(N3CCCC3=O)c(OC)c2)c1. The monoisotopic (exact) mass is 448 g/mol. The van der Waals surface area contributed by atoms with Gasteiger partial charge in [-0.25, -0.2) is 0 Å². The number of nitrogens with one attached hydrogen (secondary N) is 1. The Hall–Kier alpha value is -2.74. The van der Waals surface area contributed by atoms with Gasteiger partial charge in [-0.1, -0.05) is 0 Å². The van der Waals surface area contributed by atoms with Gasteiger partial charge in [0.1, 0.15) is 17.2 Å². The molecule has 8 heteroatoms. The van der Waals surface area contributed by atoms with Crippen LogP contribution in [0.2, 0.25) is 0 Å². The largest absolute Gasteiger partial charge is 0.497 e. The molecule has 0 spiro atoms. The average Bonchev–Trinajstić information content (AvgIpc) is 3.12. The fourth-order valence-electron chi connectivity index (χ4n) is 3.14. The van der Waals surface area contributed by atoms with Gasteiger partial charge >= 0.3 is 0 Å². The van der Waals surface area contributed by atoms with Gasteiger partial charge in [-0.3, -0.25) is 9.59 Å². The van der Waals surface area contributed by atoms with E-state index in [0.29, 0.717) is 51.6 Å². The summed E-state index contributed by atoms with van der Waals surface area (Å²) in [5, 5.41) is 2.84. The van der Waals surface area contributed by atoms with E-state index in [1.807, 2.05) is 0 Å². The number of carbonyl (C=O) groups excluding carboxylic acids is 2. The molecule has 0 radical (unpaired) electrons. The van der Waals surface area contributed by atoms with Crippen molar-refractivity contribution >= 4 is 39.1 Å². The lowest BCUT2D eigenvalue weighted by Crippen LogP contribution is -2.24. The van der Waals surface area contributed by atoms with E-state index in [1.54, 1.807) is 35.2 Å². The van der Waals surface area contributed by atoms with Crippen LogP contribution in [0.1, 0.15) is 23.2 Å². The van der Waals surface area contributed by atoms with Crippen molar-refractivity contribution in [2.75, 3.05) is 38.1 Å². The van der Waals surface area contributed by atoms with E-state index in [4.69, 9.17) is 14.2 Å². The van der Waals surface area contributed by atoms with E-state index < -0.39 is 0 Å². The molecule has 1 saturated heterocycles. The molecule has 0 bridgehead atoms. The van der Waals surface area contributed by atoms with Crippen molar-refractivity contribution in [1.82, 2.24) is 0 Å². The summed E-state index contributed by atoms with van der Waals surface area (Å²) >= 11 is 3.39. The second-order valence-corrected chi connectivity index (χ2v) is 7.03. The number of rotatable bonds is 6. The quantitative estimate of drug-likeness (QED) is 0.725. The van der Waals surface area contributed by atoms with Crippen LogP contribution >= 0.6 is 15.9 Å². The van der Waals surface area contributed by atoms with Crippen LogP contribution in [-0.2, 0) is 4.79 Å². The highest BCUT2D eigenvalue weighted by Gasteiger charge is 2.25. The summed E-state index contributed by atoms with van der Waals surface area (Å²) in [6, 6.07) is 8.54. The second-order valence-electron chi connectivity index (χ2n) is 6.18. The van der Waals surface area contributed by atoms with Gasteiger partial charge < -0.3 is 24.4 Å². The molecule has 1 aliphatic heterocycles. The molecule has 0 aliphatic carbocycles. The number of anilines is 2. The van der Waals surface area contributed by atoms with Crippen molar-refractivity contribution in [3.63, 3.8) is 0 Å². The summed E-state index contributed by atoms with van der Waals surface area (Å²) in [5.74, 6) is 1.17. The van der Waals surface area contributed by atoms with Crippen LogP contribution in [0.4, 0.5) is 11.4 Å².